The zero-order valence-electron chi connectivity index (χ0n) is 7.13. The van der Waals surface area contributed by atoms with Crippen LogP contribution in [0.15, 0.2) is 0 Å². The third-order valence-corrected chi connectivity index (χ3v) is 1.32. The molecule has 72 valence electrons. The predicted octanol–water partition coefficient (Wildman–Crippen LogP) is 1.08. The van der Waals surface area contributed by atoms with Gasteiger partial charge in [-0.15, -0.1) is 12.4 Å². The van der Waals surface area contributed by atoms with Crippen molar-refractivity contribution in [3.63, 3.8) is 0 Å². The van der Waals surface area contributed by atoms with Gasteiger partial charge in [0.1, 0.15) is 0 Å². The number of hydrogen-bond donors (Lipinski definition) is 2. The van der Waals surface area contributed by atoms with Gasteiger partial charge in [-0.25, -0.2) is 0 Å². The van der Waals surface area contributed by atoms with Crippen molar-refractivity contribution < 1.29 is 9.53 Å². The highest BCUT2D eigenvalue weighted by Gasteiger charge is 1.97. The van der Waals surface area contributed by atoms with E-state index in [9.17, 15) is 4.79 Å². The van der Waals surface area contributed by atoms with Crippen LogP contribution in [0.25, 0.3) is 0 Å². The molecule has 0 spiro atoms. The Bertz CT molecular complexity index is 150. The molecule has 0 aliphatic rings. The second-order valence-corrected chi connectivity index (χ2v) is 2.30. The molecule has 0 saturated heterocycles. The number of carbonyl (C=O) groups is 1. The van der Waals surface area contributed by atoms with Crippen molar-refractivity contribution >= 4 is 24.2 Å². The minimum absolute atomic E-state index is 0. The van der Waals surface area contributed by atoms with Gasteiger partial charge in [0.05, 0.1) is 7.11 Å². The Morgan fingerprint density at radius 2 is 1.92 bits per heavy atom. The second kappa shape index (κ2) is 8.33. The number of methoxy groups -OCH3 is 1. The first-order valence-corrected chi connectivity index (χ1v) is 3.56. The number of rotatable bonds is 5. The van der Waals surface area contributed by atoms with Crippen molar-refractivity contribution in [2.75, 3.05) is 7.11 Å². The van der Waals surface area contributed by atoms with Crippen LogP contribution >= 0.6 is 12.4 Å². The summed E-state index contributed by atoms with van der Waals surface area (Å²) in [6, 6.07) is 0. The van der Waals surface area contributed by atoms with E-state index in [1.54, 1.807) is 0 Å². The van der Waals surface area contributed by atoms with Gasteiger partial charge in [-0.2, -0.15) is 0 Å². The van der Waals surface area contributed by atoms with Gasteiger partial charge in [0, 0.05) is 12.8 Å². The number of amides is 1. The SMILES string of the molecule is COC(=N)CCCCC(N)=O.Cl. The van der Waals surface area contributed by atoms with Gasteiger partial charge >= 0.3 is 0 Å². The van der Waals surface area contributed by atoms with Crippen molar-refractivity contribution in [2.45, 2.75) is 25.7 Å². The molecular formula is C7H15ClN2O2. The van der Waals surface area contributed by atoms with Gasteiger partial charge in [0.25, 0.3) is 0 Å². The molecule has 0 bridgehead atoms. The molecule has 0 aromatic heterocycles. The third kappa shape index (κ3) is 9.23. The lowest BCUT2D eigenvalue weighted by Gasteiger charge is -1.99. The molecule has 0 aliphatic carbocycles. The highest BCUT2D eigenvalue weighted by molar-refractivity contribution is 5.85. The van der Waals surface area contributed by atoms with Crippen molar-refractivity contribution in [3.05, 3.63) is 0 Å². The van der Waals surface area contributed by atoms with Crippen LogP contribution in [-0.4, -0.2) is 18.9 Å². The number of ether oxygens (including phenoxy) is 1. The largest absolute Gasteiger partial charge is 0.484 e. The molecule has 0 aliphatic heterocycles. The van der Waals surface area contributed by atoms with E-state index >= 15 is 0 Å². The molecule has 0 unspecified atom stereocenters. The van der Waals surface area contributed by atoms with Gasteiger partial charge in [-0.1, -0.05) is 0 Å². The van der Waals surface area contributed by atoms with Crippen LogP contribution in [0.5, 0.6) is 0 Å². The first-order valence-electron chi connectivity index (χ1n) is 3.56. The van der Waals surface area contributed by atoms with E-state index in [2.05, 4.69) is 4.74 Å². The Hall–Kier alpha value is -0.770. The van der Waals surface area contributed by atoms with Crippen molar-refractivity contribution in [3.8, 4) is 0 Å². The summed E-state index contributed by atoms with van der Waals surface area (Å²) in [6.07, 6.45) is 2.51. The summed E-state index contributed by atoms with van der Waals surface area (Å²) < 4.78 is 4.62. The number of halogens is 1. The summed E-state index contributed by atoms with van der Waals surface area (Å²) in [5.41, 5.74) is 4.92. The van der Waals surface area contributed by atoms with Gasteiger partial charge < -0.3 is 10.5 Å². The number of nitrogens with two attached hydrogens (primary N) is 1. The van der Waals surface area contributed by atoms with Crippen LogP contribution in [-0.2, 0) is 9.53 Å². The van der Waals surface area contributed by atoms with Crippen LogP contribution in [0.4, 0.5) is 0 Å². The standard InChI is InChI=1S/C7H14N2O2.ClH/c1-11-7(9)5-3-2-4-6(8)10;/h9H,2-5H2,1H3,(H2,8,10);1H. The topological polar surface area (TPSA) is 76.2 Å². The second-order valence-electron chi connectivity index (χ2n) is 2.30. The van der Waals surface area contributed by atoms with E-state index in [0.29, 0.717) is 12.8 Å². The normalized spacial score (nSPS) is 8.42. The Morgan fingerprint density at radius 1 is 1.42 bits per heavy atom. The summed E-state index contributed by atoms with van der Waals surface area (Å²) >= 11 is 0. The maximum atomic E-state index is 10.3. The van der Waals surface area contributed by atoms with E-state index in [-0.39, 0.29) is 24.2 Å². The Labute approximate surface area is 78.4 Å². The Balaban J connectivity index is 0. The first-order chi connectivity index (χ1) is 5.16. The van der Waals surface area contributed by atoms with E-state index < -0.39 is 0 Å². The molecule has 3 N–H and O–H groups in total. The smallest absolute Gasteiger partial charge is 0.217 e. The van der Waals surface area contributed by atoms with E-state index in [1.165, 1.54) is 7.11 Å². The molecule has 5 heteroatoms. The Kier molecular flexibility index (Phi) is 9.57. The lowest BCUT2D eigenvalue weighted by atomic mass is 10.2. The molecule has 0 atom stereocenters. The van der Waals surface area contributed by atoms with E-state index in [4.69, 9.17) is 11.1 Å². The summed E-state index contributed by atoms with van der Waals surface area (Å²) in [7, 11) is 1.47. The quantitative estimate of drug-likeness (QED) is 0.390. The molecule has 0 aromatic rings. The number of nitrogens with one attached hydrogen (secondary N) is 1. The number of carbonyl (C=O) groups excluding carboxylic acids is 1. The fraction of sp³-hybridized carbons (Fsp3) is 0.714. The molecule has 12 heavy (non-hydrogen) atoms. The summed E-state index contributed by atoms with van der Waals surface area (Å²) in [6.45, 7) is 0. The predicted molar refractivity (Wildman–Crippen MR) is 49.6 cm³/mol. The van der Waals surface area contributed by atoms with Crippen LogP contribution < -0.4 is 5.73 Å². The highest BCUT2D eigenvalue weighted by atomic mass is 35.5. The molecule has 0 rings (SSSR count). The minimum atomic E-state index is -0.283. The van der Waals surface area contributed by atoms with Gasteiger partial charge in [-0.05, 0) is 12.8 Å². The highest BCUT2D eigenvalue weighted by Crippen LogP contribution is 1.99. The molecular weight excluding hydrogens is 180 g/mol. The first kappa shape index (κ1) is 13.8. The molecule has 1 amide bonds. The summed E-state index contributed by atoms with van der Waals surface area (Å²) in [5.74, 6) is -0.0246. The molecule has 0 radical (unpaired) electrons. The van der Waals surface area contributed by atoms with Gasteiger partial charge in [-0.3, -0.25) is 10.2 Å². The summed E-state index contributed by atoms with van der Waals surface area (Å²) in [5, 5.41) is 7.08. The van der Waals surface area contributed by atoms with Crippen molar-refractivity contribution in [1.82, 2.24) is 0 Å². The van der Waals surface area contributed by atoms with Crippen LogP contribution in [0.3, 0.4) is 0 Å². The fourth-order valence-corrected chi connectivity index (χ4v) is 0.687. The fourth-order valence-electron chi connectivity index (χ4n) is 0.687. The molecule has 0 fully saturated rings. The van der Waals surface area contributed by atoms with Gasteiger partial charge in [0.15, 0.2) is 5.90 Å². The lowest BCUT2D eigenvalue weighted by Crippen LogP contribution is -2.10. The van der Waals surface area contributed by atoms with E-state index in [0.717, 1.165) is 12.8 Å². The Morgan fingerprint density at radius 3 is 2.33 bits per heavy atom. The number of hydrogen-bond acceptors (Lipinski definition) is 3. The maximum absolute atomic E-state index is 10.3. The zero-order chi connectivity index (χ0) is 8.69. The van der Waals surface area contributed by atoms with Crippen LogP contribution in [0, 0.1) is 5.41 Å². The monoisotopic (exact) mass is 194 g/mol. The maximum Gasteiger partial charge on any atom is 0.217 e. The third-order valence-electron chi connectivity index (χ3n) is 1.32. The number of primary amides is 1. The molecule has 0 heterocycles. The van der Waals surface area contributed by atoms with Crippen LogP contribution in [0.1, 0.15) is 25.7 Å². The molecule has 0 aromatic carbocycles. The van der Waals surface area contributed by atoms with Crippen LogP contribution in [0.2, 0.25) is 0 Å². The lowest BCUT2D eigenvalue weighted by molar-refractivity contribution is -0.118. The number of unbranched alkanes of at least 4 members (excludes halogenated alkanes) is 1. The average Bonchev–Trinajstić information content (AvgIpc) is 1.97. The van der Waals surface area contributed by atoms with Crippen molar-refractivity contribution in [2.24, 2.45) is 5.73 Å². The summed E-state index contributed by atoms with van der Waals surface area (Å²) in [4.78, 5) is 10.3. The minimum Gasteiger partial charge on any atom is -0.484 e. The van der Waals surface area contributed by atoms with Crippen molar-refractivity contribution in [1.29, 1.82) is 5.41 Å². The molecule has 0 saturated carbocycles. The van der Waals surface area contributed by atoms with Gasteiger partial charge in [0.2, 0.25) is 5.91 Å². The average molecular weight is 195 g/mol. The van der Waals surface area contributed by atoms with E-state index in [1.807, 2.05) is 0 Å². The zero-order valence-corrected chi connectivity index (χ0v) is 7.95. The molecule has 4 nitrogen and oxygen atoms in total.